The molecule has 0 saturated heterocycles. The van der Waals surface area contributed by atoms with Crippen molar-refractivity contribution in [1.82, 2.24) is 20.5 Å². The van der Waals surface area contributed by atoms with Crippen molar-refractivity contribution >= 4 is 16.9 Å². The number of alkyl halides is 3. The number of carbonyl (C=O) groups is 1. The van der Waals surface area contributed by atoms with Gasteiger partial charge in [-0.3, -0.25) is 4.79 Å². The molecular formula is C16H12F4N4O2. The van der Waals surface area contributed by atoms with E-state index in [-0.39, 0.29) is 23.4 Å². The lowest BCUT2D eigenvalue weighted by atomic mass is 10.2. The number of carbonyl (C=O) groups excluding carboxylic acids is 1. The van der Waals surface area contributed by atoms with Crippen molar-refractivity contribution in [2.45, 2.75) is 12.7 Å². The van der Waals surface area contributed by atoms with Crippen molar-refractivity contribution in [1.29, 1.82) is 0 Å². The molecule has 2 aromatic carbocycles. The highest BCUT2D eigenvalue weighted by atomic mass is 19.4. The van der Waals surface area contributed by atoms with Gasteiger partial charge in [0.1, 0.15) is 16.9 Å². The molecule has 0 atom stereocenters. The molecule has 10 heteroatoms. The van der Waals surface area contributed by atoms with Gasteiger partial charge in [-0.05, 0) is 41.1 Å². The molecule has 0 aliphatic carbocycles. The van der Waals surface area contributed by atoms with Crippen LogP contribution in [0, 0.1) is 5.82 Å². The van der Waals surface area contributed by atoms with Gasteiger partial charge in [0.25, 0.3) is 5.91 Å². The van der Waals surface area contributed by atoms with E-state index >= 15 is 0 Å². The van der Waals surface area contributed by atoms with Gasteiger partial charge < -0.3 is 10.2 Å². The Morgan fingerprint density at radius 1 is 1.15 bits per heavy atom. The van der Waals surface area contributed by atoms with Crippen LogP contribution in [0.2, 0.25) is 0 Å². The Morgan fingerprint density at radius 2 is 1.88 bits per heavy atom. The van der Waals surface area contributed by atoms with Gasteiger partial charge in [0.05, 0.1) is 5.56 Å². The van der Waals surface area contributed by atoms with Gasteiger partial charge in [-0.25, -0.2) is 4.39 Å². The van der Waals surface area contributed by atoms with Crippen molar-refractivity contribution < 1.29 is 27.2 Å². The SMILES string of the molecule is O=C(COn1nnc2ccc(C(F)(F)F)cc21)NCc1ccc(F)cc1. The van der Waals surface area contributed by atoms with Crippen LogP contribution in [0.15, 0.2) is 42.5 Å². The number of nitrogens with one attached hydrogen (secondary N) is 1. The molecule has 0 radical (unpaired) electrons. The average molecular weight is 368 g/mol. The zero-order valence-corrected chi connectivity index (χ0v) is 13.1. The van der Waals surface area contributed by atoms with Crippen molar-refractivity contribution in [3.63, 3.8) is 0 Å². The summed E-state index contributed by atoms with van der Waals surface area (Å²) in [7, 11) is 0. The van der Waals surface area contributed by atoms with Crippen molar-refractivity contribution in [2.75, 3.05) is 6.61 Å². The van der Waals surface area contributed by atoms with E-state index in [1.165, 1.54) is 30.3 Å². The van der Waals surface area contributed by atoms with Crippen molar-refractivity contribution in [2.24, 2.45) is 0 Å². The first-order valence-electron chi connectivity index (χ1n) is 7.40. The maximum absolute atomic E-state index is 12.8. The van der Waals surface area contributed by atoms with Gasteiger partial charge in [0.2, 0.25) is 0 Å². The Labute approximate surface area is 144 Å². The molecular weight excluding hydrogens is 356 g/mol. The zero-order chi connectivity index (χ0) is 18.7. The Kier molecular flexibility index (Phi) is 4.74. The van der Waals surface area contributed by atoms with Crippen LogP contribution in [-0.2, 0) is 17.5 Å². The van der Waals surface area contributed by atoms with Crippen LogP contribution in [-0.4, -0.2) is 27.7 Å². The molecule has 6 nitrogen and oxygen atoms in total. The van der Waals surface area contributed by atoms with E-state index in [1.807, 2.05) is 0 Å². The highest BCUT2D eigenvalue weighted by Gasteiger charge is 2.31. The van der Waals surface area contributed by atoms with Crippen LogP contribution in [0.25, 0.3) is 11.0 Å². The second kappa shape index (κ2) is 6.98. The average Bonchev–Trinajstić information content (AvgIpc) is 3.01. The summed E-state index contributed by atoms with van der Waals surface area (Å²) in [5, 5.41) is 9.79. The van der Waals surface area contributed by atoms with Gasteiger partial charge in [-0.2, -0.15) is 13.2 Å². The van der Waals surface area contributed by atoms with Crippen LogP contribution in [0.4, 0.5) is 17.6 Å². The molecule has 0 spiro atoms. The third-order valence-corrected chi connectivity index (χ3v) is 3.46. The fourth-order valence-corrected chi connectivity index (χ4v) is 2.14. The zero-order valence-electron chi connectivity index (χ0n) is 13.1. The highest BCUT2D eigenvalue weighted by Crippen LogP contribution is 2.30. The fraction of sp³-hybridized carbons (Fsp3) is 0.188. The van der Waals surface area contributed by atoms with Crippen molar-refractivity contribution in [3.8, 4) is 0 Å². The number of amides is 1. The number of hydrogen-bond donors (Lipinski definition) is 1. The molecule has 26 heavy (non-hydrogen) atoms. The van der Waals surface area contributed by atoms with Crippen LogP contribution in [0.3, 0.4) is 0 Å². The first-order valence-corrected chi connectivity index (χ1v) is 7.40. The maximum Gasteiger partial charge on any atom is 0.416 e. The quantitative estimate of drug-likeness (QED) is 0.702. The number of hydrogen-bond acceptors (Lipinski definition) is 4. The molecule has 0 saturated carbocycles. The smallest absolute Gasteiger partial charge is 0.385 e. The largest absolute Gasteiger partial charge is 0.416 e. The number of fused-ring (bicyclic) bond motifs is 1. The maximum atomic E-state index is 12.8. The van der Waals surface area contributed by atoms with E-state index in [9.17, 15) is 22.4 Å². The summed E-state index contributed by atoms with van der Waals surface area (Å²) in [5.74, 6) is -0.912. The van der Waals surface area contributed by atoms with Gasteiger partial charge in [0, 0.05) is 6.54 Å². The molecule has 1 aromatic heterocycles. The summed E-state index contributed by atoms with van der Waals surface area (Å²) in [5.41, 5.74) is -0.00503. The summed E-state index contributed by atoms with van der Waals surface area (Å²) in [4.78, 5) is 17.7. The molecule has 0 aliphatic rings. The first kappa shape index (κ1) is 17.6. The molecule has 0 aliphatic heterocycles. The van der Waals surface area contributed by atoms with E-state index in [1.54, 1.807) is 0 Å². The van der Waals surface area contributed by atoms with Crippen LogP contribution in [0.1, 0.15) is 11.1 Å². The Hall–Kier alpha value is -3.17. The molecule has 1 amide bonds. The molecule has 136 valence electrons. The predicted molar refractivity (Wildman–Crippen MR) is 82.2 cm³/mol. The lowest BCUT2D eigenvalue weighted by Gasteiger charge is -2.08. The number of nitrogens with zero attached hydrogens (tertiary/aromatic N) is 3. The standard InChI is InChI=1S/C16H12F4N4O2/c17-12-4-1-10(2-5-12)8-21-15(25)9-26-24-14-7-11(16(18,19)20)3-6-13(14)22-23-24/h1-7H,8-9H2,(H,21,25). The molecule has 1 heterocycles. The first-order chi connectivity index (χ1) is 12.3. The van der Waals surface area contributed by atoms with Crippen LogP contribution in [0.5, 0.6) is 0 Å². The van der Waals surface area contributed by atoms with Gasteiger partial charge in [0.15, 0.2) is 6.61 Å². The van der Waals surface area contributed by atoms with Gasteiger partial charge in [-0.15, -0.1) is 5.10 Å². The minimum absolute atomic E-state index is 0.00819. The van der Waals surface area contributed by atoms with E-state index in [2.05, 4.69) is 15.6 Å². The Bertz CT molecular complexity index is 922. The summed E-state index contributed by atoms with van der Waals surface area (Å²) in [6, 6.07) is 8.44. The molecule has 3 rings (SSSR count). The van der Waals surface area contributed by atoms with Crippen LogP contribution < -0.4 is 10.2 Å². The Balaban J connectivity index is 1.62. The summed E-state index contributed by atoms with van der Waals surface area (Å²) in [6.07, 6.45) is -4.52. The normalized spacial score (nSPS) is 11.5. The minimum atomic E-state index is -4.52. The molecule has 0 fully saturated rings. The molecule has 0 bridgehead atoms. The monoisotopic (exact) mass is 368 g/mol. The number of rotatable bonds is 5. The minimum Gasteiger partial charge on any atom is -0.385 e. The molecule has 1 N–H and O–H groups in total. The van der Waals surface area contributed by atoms with E-state index in [0.29, 0.717) is 5.56 Å². The third-order valence-electron chi connectivity index (χ3n) is 3.46. The number of benzene rings is 2. The van der Waals surface area contributed by atoms with E-state index in [4.69, 9.17) is 4.84 Å². The van der Waals surface area contributed by atoms with Crippen LogP contribution >= 0.6 is 0 Å². The lowest BCUT2D eigenvalue weighted by Crippen LogP contribution is -2.31. The second-order valence-electron chi connectivity index (χ2n) is 5.34. The van der Waals surface area contributed by atoms with Gasteiger partial charge in [-0.1, -0.05) is 17.0 Å². The topological polar surface area (TPSA) is 69.0 Å². The number of halogens is 4. The summed E-state index contributed by atoms with van der Waals surface area (Å²) in [6.45, 7) is -0.325. The second-order valence-corrected chi connectivity index (χ2v) is 5.34. The van der Waals surface area contributed by atoms with Crippen molar-refractivity contribution in [3.05, 3.63) is 59.4 Å². The van der Waals surface area contributed by atoms with E-state index < -0.39 is 24.3 Å². The van der Waals surface area contributed by atoms with E-state index in [0.717, 1.165) is 17.0 Å². The predicted octanol–water partition coefficient (Wildman–Crippen LogP) is 2.33. The molecule has 3 aromatic rings. The third kappa shape index (κ3) is 4.08. The fourth-order valence-electron chi connectivity index (χ4n) is 2.14. The summed E-state index contributed by atoms with van der Waals surface area (Å²) >= 11 is 0. The molecule has 0 unspecified atom stereocenters. The summed E-state index contributed by atoms with van der Waals surface area (Å²) < 4.78 is 51.1. The van der Waals surface area contributed by atoms with Gasteiger partial charge >= 0.3 is 6.18 Å². The Morgan fingerprint density at radius 3 is 2.58 bits per heavy atom. The highest BCUT2D eigenvalue weighted by molar-refractivity contribution is 5.78. The number of aromatic nitrogens is 3. The lowest BCUT2D eigenvalue weighted by molar-refractivity contribution is -0.137.